The Morgan fingerprint density at radius 1 is 1.32 bits per heavy atom. The molecular formula is C18H24BrNO4S. The summed E-state index contributed by atoms with van der Waals surface area (Å²) < 4.78 is 5.30. The zero-order chi connectivity index (χ0) is 18.8. The summed E-state index contributed by atoms with van der Waals surface area (Å²) in [5.41, 5.74) is -0.559. The largest absolute Gasteiger partial charge is 0.480 e. The van der Waals surface area contributed by atoms with Crippen LogP contribution in [0.25, 0.3) is 0 Å². The Hall–Kier alpha value is -1.21. The van der Waals surface area contributed by atoms with Gasteiger partial charge in [-0.25, -0.2) is 4.79 Å². The van der Waals surface area contributed by atoms with E-state index in [1.165, 1.54) is 11.8 Å². The second kappa shape index (κ2) is 7.58. The molecule has 1 heterocycles. The van der Waals surface area contributed by atoms with Crippen LogP contribution in [0, 0.1) is 5.92 Å². The van der Waals surface area contributed by atoms with Gasteiger partial charge in [0.1, 0.15) is 10.3 Å². The molecule has 2 rings (SSSR count). The lowest BCUT2D eigenvalue weighted by molar-refractivity contribution is -0.140. The molecule has 2 atom stereocenters. The van der Waals surface area contributed by atoms with Crippen LogP contribution >= 0.6 is 27.7 Å². The zero-order valence-electron chi connectivity index (χ0n) is 14.9. The van der Waals surface area contributed by atoms with Crippen molar-refractivity contribution in [1.82, 2.24) is 4.90 Å². The first-order valence-electron chi connectivity index (χ1n) is 8.17. The molecule has 25 heavy (non-hydrogen) atoms. The summed E-state index contributed by atoms with van der Waals surface area (Å²) in [7, 11) is 0. The van der Waals surface area contributed by atoms with Crippen molar-refractivity contribution < 1.29 is 19.4 Å². The maximum Gasteiger partial charge on any atom is 0.410 e. The van der Waals surface area contributed by atoms with Crippen LogP contribution in [0.3, 0.4) is 0 Å². The van der Waals surface area contributed by atoms with Crippen LogP contribution in [0.5, 0.6) is 0 Å². The summed E-state index contributed by atoms with van der Waals surface area (Å²) in [6, 6.07) is 7.60. The quantitative estimate of drug-likeness (QED) is 0.705. The topological polar surface area (TPSA) is 66.8 Å². The third kappa shape index (κ3) is 5.14. The lowest BCUT2D eigenvalue weighted by Crippen LogP contribution is -2.42. The summed E-state index contributed by atoms with van der Waals surface area (Å²) in [6.07, 6.45) is 0.262. The van der Waals surface area contributed by atoms with Crippen molar-refractivity contribution in [3.8, 4) is 0 Å². The first kappa shape index (κ1) is 20.1. The molecule has 1 saturated heterocycles. The molecule has 0 aliphatic carbocycles. The lowest BCUT2D eigenvalue weighted by atomic mass is 9.92. The van der Waals surface area contributed by atoms with Gasteiger partial charge in [0.25, 0.3) is 0 Å². The number of carbonyl (C=O) groups is 2. The summed E-state index contributed by atoms with van der Waals surface area (Å²) >= 11 is 4.75. The van der Waals surface area contributed by atoms with Gasteiger partial charge in [0.2, 0.25) is 0 Å². The van der Waals surface area contributed by atoms with E-state index in [9.17, 15) is 14.7 Å². The molecule has 1 amide bonds. The molecule has 1 fully saturated rings. The summed E-state index contributed by atoms with van der Waals surface area (Å²) in [5, 5.41) is 9.87. The monoisotopic (exact) mass is 429 g/mol. The Morgan fingerprint density at radius 3 is 2.56 bits per heavy atom. The van der Waals surface area contributed by atoms with Gasteiger partial charge in [-0.3, -0.25) is 4.79 Å². The number of aliphatic carboxylic acids is 1. The predicted octanol–water partition coefficient (Wildman–Crippen LogP) is 4.64. The van der Waals surface area contributed by atoms with E-state index in [1.54, 1.807) is 11.8 Å². The van der Waals surface area contributed by atoms with E-state index in [1.807, 2.05) is 45.0 Å². The molecular weight excluding hydrogens is 406 g/mol. The van der Waals surface area contributed by atoms with Gasteiger partial charge >= 0.3 is 12.1 Å². The zero-order valence-corrected chi connectivity index (χ0v) is 17.3. The highest BCUT2D eigenvalue weighted by Crippen LogP contribution is 2.43. The first-order valence-corrected chi connectivity index (χ1v) is 9.78. The Morgan fingerprint density at radius 2 is 2.00 bits per heavy atom. The van der Waals surface area contributed by atoms with Gasteiger partial charge in [0, 0.05) is 28.4 Å². The molecule has 1 aliphatic rings. The number of ether oxygens (including phenoxy) is 1. The van der Waals surface area contributed by atoms with E-state index < -0.39 is 16.3 Å². The number of amides is 1. The average Bonchev–Trinajstić information content (AvgIpc) is 2.95. The number of carboxylic acid groups (broad SMARTS) is 1. The summed E-state index contributed by atoms with van der Waals surface area (Å²) in [5.74, 6) is -1.02. The highest BCUT2D eigenvalue weighted by atomic mass is 79.9. The average molecular weight is 430 g/mol. The predicted molar refractivity (Wildman–Crippen MR) is 102 cm³/mol. The number of benzene rings is 1. The van der Waals surface area contributed by atoms with E-state index in [2.05, 4.69) is 15.9 Å². The molecule has 7 heteroatoms. The normalized spacial score (nSPS) is 20.2. The molecule has 0 saturated carbocycles. The second-order valence-corrected chi connectivity index (χ2v) is 9.82. The van der Waals surface area contributed by atoms with Crippen molar-refractivity contribution in [2.24, 2.45) is 5.92 Å². The fourth-order valence-electron chi connectivity index (χ4n) is 2.78. The van der Waals surface area contributed by atoms with Crippen LogP contribution in [-0.4, -0.2) is 45.5 Å². The van der Waals surface area contributed by atoms with Gasteiger partial charge in [-0.15, -0.1) is 11.8 Å². The molecule has 1 aliphatic heterocycles. The molecule has 0 bridgehead atoms. The number of rotatable bonds is 4. The molecule has 0 aromatic heterocycles. The Labute approximate surface area is 161 Å². The Bertz CT molecular complexity index is 661. The molecule has 5 nitrogen and oxygen atoms in total. The minimum absolute atomic E-state index is 0.151. The van der Waals surface area contributed by atoms with Gasteiger partial charge < -0.3 is 14.7 Å². The number of nitrogens with zero attached hydrogens (tertiary/aromatic N) is 1. The van der Waals surface area contributed by atoms with Crippen LogP contribution < -0.4 is 0 Å². The molecule has 0 spiro atoms. The summed E-state index contributed by atoms with van der Waals surface area (Å²) in [6.45, 7) is 8.11. The first-order chi connectivity index (χ1) is 11.5. The molecule has 1 aromatic carbocycles. The fourth-order valence-corrected chi connectivity index (χ4v) is 4.60. The molecule has 138 valence electrons. The van der Waals surface area contributed by atoms with Crippen molar-refractivity contribution in [3.05, 3.63) is 28.7 Å². The van der Waals surface area contributed by atoms with Gasteiger partial charge in [-0.2, -0.15) is 0 Å². The third-order valence-electron chi connectivity index (χ3n) is 4.17. The highest BCUT2D eigenvalue weighted by molar-refractivity contribution is 9.10. The number of carboxylic acids is 1. The maximum absolute atomic E-state index is 12.2. The van der Waals surface area contributed by atoms with Crippen molar-refractivity contribution >= 4 is 39.8 Å². The maximum atomic E-state index is 12.2. The van der Waals surface area contributed by atoms with Crippen LogP contribution in [0.1, 0.15) is 34.1 Å². The summed E-state index contributed by atoms with van der Waals surface area (Å²) in [4.78, 5) is 26.8. The number of carbonyl (C=O) groups excluding carboxylic acids is 1. The van der Waals surface area contributed by atoms with Crippen LogP contribution in [0.4, 0.5) is 4.79 Å². The Balaban J connectivity index is 2.13. The highest BCUT2D eigenvalue weighted by Gasteiger charge is 2.47. The number of thioether (sulfide) groups is 1. The van der Waals surface area contributed by atoms with E-state index in [4.69, 9.17) is 4.74 Å². The van der Waals surface area contributed by atoms with Crippen molar-refractivity contribution in [2.75, 3.05) is 13.1 Å². The van der Waals surface area contributed by atoms with Crippen LogP contribution in [0.2, 0.25) is 0 Å². The molecule has 0 radical (unpaired) electrons. The second-order valence-electron chi connectivity index (χ2n) is 7.38. The van der Waals surface area contributed by atoms with Crippen LogP contribution in [-0.2, 0) is 9.53 Å². The SMILES string of the molecule is CC(C)(C)OC(=O)N1CC[C@H](C(C)(Sc2cccc(Br)c2)C(=O)O)C1. The van der Waals surface area contributed by atoms with Crippen molar-refractivity contribution in [1.29, 1.82) is 0 Å². The molecule has 1 aromatic rings. The third-order valence-corrected chi connectivity index (χ3v) is 6.08. The Kier molecular flexibility index (Phi) is 6.09. The number of hydrogen-bond acceptors (Lipinski definition) is 4. The fraction of sp³-hybridized carbons (Fsp3) is 0.556. The van der Waals surface area contributed by atoms with E-state index in [0.717, 1.165) is 9.37 Å². The van der Waals surface area contributed by atoms with Gasteiger partial charge in [0.05, 0.1) is 0 Å². The van der Waals surface area contributed by atoms with Crippen molar-refractivity contribution in [2.45, 2.75) is 49.4 Å². The lowest BCUT2D eigenvalue weighted by Gasteiger charge is -2.31. The molecule has 1 unspecified atom stereocenters. The number of likely N-dealkylation sites (tertiary alicyclic amines) is 1. The van der Waals surface area contributed by atoms with E-state index >= 15 is 0 Å². The number of hydrogen-bond donors (Lipinski definition) is 1. The number of halogens is 1. The minimum atomic E-state index is -1.02. The minimum Gasteiger partial charge on any atom is -0.480 e. The van der Waals surface area contributed by atoms with Crippen LogP contribution in [0.15, 0.2) is 33.6 Å². The van der Waals surface area contributed by atoms with Gasteiger partial charge in [0.15, 0.2) is 0 Å². The van der Waals surface area contributed by atoms with Crippen molar-refractivity contribution in [3.63, 3.8) is 0 Å². The van der Waals surface area contributed by atoms with E-state index in [0.29, 0.717) is 19.5 Å². The van der Waals surface area contributed by atoms with E-state index in [-0.39, 0.29) is 12.0 Å². The van der Waals surface area contributed by atoms with Gasteiger partial charge in [-0.05, 0) is 52.3 Å². The standard InChI is InChI=1S/C18H24BrNO4S/c1-17(2,3)24-16(23)20-9-8-12(11-20)18(4,15(21)22)25-14-7-5-6-13(19)10-14/h5-7,10,12H,8-9,11H2,1-4H3,(H,21,22)/t12-,18?/m0/s1. The smallest absolute Gasteiger partial charge is 0.410 e. The van der Waals surface area contributed by atoms with Gasteiger partial charge in [-0.1, -0.05) is 22.0 Å². The molecule has 1 N–H and O–H groups in total.